The van der Waals surface area contributed by atoms with E-state index in [1.807, 2.05) is 27.2 Å². The van der Waals surface area contributed by atoms with Crippen molar-refractivity contribution in [2.75, 3.05) is 40.9 Å². The number of amides is 1. The van der Waals surface area contributed by atoms with Crippen LogP contribution in [0.5, 0.6) is 0 Å². The third-order valence-electron chi connectivity index (χ3n) is 8.74. The van der Waals surface area contributed by atoms with Gasteiger partial charge in [-0.15, -0.1) is 0 Å². The first-order chi connectivity index (χ1) is 24.5. The van der Waals surface area contributed by atoms with Gasteiger partial charge >= 0.3 is 0 Å². The van der Waals surface area contributed by atoms with Crippen LogP contribution in [0, 0.1) is 0 Å². The van der Waals surface area contributed by atoms with E-state index in [0.717, 1.165) is 64.2 Å². The van der Waals surface area contributed by atoms with Gasteiger partial charge in [-0.25, -0.2) is 0 Å². The Balaban J connectivity index is 4.59. The molecule has 0 aromatic carbocycles. The van der Waals surface area contributed by atoms with Crippen molar-refractivity contribution in [1.82, 2.24) is 5.32 Å². The molecule has 0 saturated carbocycles. The van der Waals surface area contributed by atoms with Crippen LogP contribution in [0.25, 0.3) is 0 Å². The lowest BCUT2D eigenvalue weighted by Gasteiger charge is -2.29. The molecule has 0 aliphatic heterocycles. The SMILES string of the molecule is CCCCC/C=C\CCCCCCCC(=O)NC(COP(=O)([O-])OCC[N+](C)(C)C)C(O)/C=C/CC/C=C/CC/C=C/CCCCCCCCC. The zero-order valence-corrected chi connectivity index (χ0v) is 34.4. The van der Waals surface area contributed by atoms with Crippen LogP contribution in [0.3, 0.4) is 0 Å². The van der Waals surface area contributed by atoms with Crippen LogP contribution in [-0.4, -0.2) is 68.5 Å². The fourth-order valence-electron chi connectivity index (χ4n) is 5.41. The van der Waals surface area contributed by atoms with Crippen molar-refractivity contribution in [1.29, 1.82) is 0 Å². The second-order valence-electron chi connectivity index (χ2n) is 15.0. The quantitative estimate of drug-likeness (QED) is 0.0287. The number of allylic oxidation sites excluding steroid dienone is 7. The van der Waals surface area contributed by atoms with Crippen LogP contribution in [0.15, 0.2) is 48.6 Å². The van der Waals surface area contributed by atoms with E-state index in [9.17, 15) is 19.4 Å². The van der Waals surface area contributed by atoms with Crippen molar-refractivity contribution in [3.63, 3.8) is 0 Å². The molecule has 0 aliphatic rings. The van der Waals surface area contributed by atoms with E-state index in [2.05, 4.69) is 55.6 Å². The Kier molecular flexibility index (Phi) is 33.2. The number of nitrogens with zero attached hydrogens (tertiary/aromatic N) is 1. The minimum Gasteiger partial charge on any atom is -0.756 e. The Labute approximate surface area is 314 Å². The highest BCUT2D eigenvalue weighted by molar-refractivity contribution is 7.45. The average Bonchev–Trinajstić information content (AvgIpc) is 3.07. The molecule has 0 aromatic rings. The molecule has 0 aliphatic carbocycles. The zero-order chi connectivity index (χ0) is 37.9. The fourth-order valence-corrected chi connectivity index (χ4v) is 6.13. The second kappa shape index (κ2) is 34.2. The van der Waals surface area contributed by atoms with E-state index >= 15 is 0 Å². The maximum Gasteiger partial charge on any atom is 0.268 e. The number of carbonyl (C=O) groups is 1. The van der Waals surface area contributed by atoms with Crippen molar-refractivity contribution in [2.24, 2.45) is 0 Å². The molecule has 51 heavy (non-hydrogen) atoms. The molecule has 0 radical (unpaired) electrons. The van der Waals surface area contributed by atoms with Gasteiger partial charge in [0.2, 0.25) is 5.91 Å². The summed E-state index contributed by atoms with van der Waals surface area (Å²) < 4.78 is 23.1. The van der Waals surface area contributed by atoms with Crippen LogP contribution >= 0.6 is 7.82 Å². The van der Waals surface area contributed by atoms with E-state index in [1.165, 1.54) is 77.0 Å². The number of hydrogen-bond donors (Lipinski definition) is 2. The first-order valence-electron chi connectivity index (χ1n) is 20.5. The zero-order valence-electron chi connectivity index (χ0n) is 33.5. The van der Waals surface area contributed by atoms with Crippen molar-refractivity contribution in [3.05, 3.63) is 48.6 Å². The van der Waals surface area contributed by atoms with Crippen molar-refractivity contribution in [2.45, 2.75) is 174 Å². The first-order valence-corrected chi connectivity index (χ1v) is 22.0. The van der Waals surface area contributed by atoms with Gasteiger partial charge in [0.1, 0.15) is 13.2 Å². The van der Waals surface area contributed by atoms with Crippen LogP contribution in [0.2, 0.25) is 0 Å². The van der Waals surface area contributed by atoms with E-state index in [1.54, 1.807) is 6.08 Å². The van der Waals surface area contributed by atoms with E-state index in [0.29, 0.717) is 17.4 Å². The summed E-state index contributed by atoms with van der Waals surface area (Å²) >= 11 is 0. The largest absolute Gasteiger partial charge is 0.756 e. The molecule has 9 heteroatoms. The topological polar surface area (TPSA) is 108 Å². The molecule has 0 spiro atoms. The number of likely N-dealkylation sites (N-methyl/N-ethyl adjacent to an activating group) is 1. The highest BCUT2D eigenvalue weighted by Gasteiger charge is 2.23. The second-order valence-corrected chi connectivity index (χ2v) is 16.4. The van der Waals surface area contributed by atoms with Gasteiger partial charge in [-0.2, -0.15) is 0 Å². The predicted octanol–water partition coefficient (Wildman–Crippen LogP) is 10.3. The molecule has 0 saturated heterocycles. The Hall–Kier alpha value is -1.54. The number of aliphatic hydroxyl groups is 1. The van der Waals surface area contributed by atoms with Crippen LogP contribution in [0.4, 0.5) is 0 Å². The summed E-state index contributed by atoms with van der Waals surface area (Å²) in [5, 5.41) is 13.7. The Bertz CT molecular complexity index is 975. The molecular formula is C42H79N2O6P. The van der Waals surface area contributed by atoms with Crippen LogP contribution in [-0.2, 0) is 18.4 Å². The molecule has 8 nitrogen and oxygen atoms in total. The Morgan fingerprint density at radius 2 is 1.10 bits per heavy atom. The summed E-state index contributed by atoms with van der Waals surface area (Å²) in [4.78, 5) is 25.2. The summed E-state index contributed by atoms with van der Waals surface area (Å²) in [5.74, 6) is -0.225. The summed E-state index contributed by atoms with van der Waals surface area (Å²) in [7, 11) is 1.22. The third kappa shape index (κ3) is 36.6. The van der Waals surface area contributed by atoms with Gasteiger partial charge in [-0.1, -0.05) is 133 Å². The van der Waals surface area contributed by atoms with E-state index in [-0.39, 0.29) is 12.5 Å². The number of nitrogens with one attached hydrogen (secondary N) is 1. The first kappa shape index (κ1) is 49.5. The highest BCUT2D eigenvalue weighted by atomic mass is 31.2. The monoisotopic (exact) mass is 739 g/mol. The summed E-state index contributed by atoms with van der Waals surface area (Å²) in [6.07, 6.45) is 41.5. The standard InChI is InChI=1S/C42H79N2O6P/c1-6-8-10-12-14-16-18-20-21-22-23-24-25-27-29-31-33-35-41(45)40(39-50-51(47,48)49-38-37-44(3,4)5)43-42(46)36-34-32-30-28-26-19-17-15-13-11-9-7-2/h15,17,21-22,25,27,33,35,40-41,45H,6-14,16,18-20,23-24,26,28-32,34,36-39H2,1-5H3,(H-,43,46,47,48)/b17-15-,22-21+,27-25+,35-33+. The molecule has 0 aromatic heterocycles. The molecule has 0 heterocycles. The number of phosphoric ester groups is 1. The van der Waals surface area contributed by atoms with Crippen molar-refractivity contribution >= 4 is 13.7 Å². The molecule has 0 fully saturated rings. The highest BCUT2D eigenvalue weighted by Crippen LogP contribution is 2.38. The third-order valence-corrected chi connectivity index (χ3v) is 9.70. The van der Waals surface area contributed by atoms with Gasteiger partial charge in [0.15, 0.2) is 0 Å². The lowest BCUT2D eigenvalue weighted by Crippen LogP contribution is -2.45. The van der Waals surface area contributed by atoms with Crippen molar-refractivity contribution < 1.29 is 32.9 Å². The predicted molar refractivity (Wildman–Crippen MR) is 214 cm³/mol. The van der Waals surface area contributed by atoms with Gasteiger partial charge in [-0.3, -0.25) is 9.36 Å². The molecule has 3 atom stereocenters. The number of hydrogen-bond acceptors (Lipinski definition) is 6. The molecule has 3 unspecified atom stereocenters. The Morgan fingerprint density at radius 3 is 1.63 bits per heavy atom. The molecular weight excluding hydrogens is 659 g/mol. The summed E-state index contributed by atoms with van der Waals surface area (Å²) in [6.45, 7) is 4.55. The lowest BCUT2D eigenvalue weighted by atomic mass is 10.1. The summed E-state index contributed by atoms with van der Waals surface area (Å²) in [6, 6.07) is -0.912. The lowest BCUT2D eigenvalue weighted by molar-refractivity contribution is -0.870. The number of unbranched alkanes of at least 4 members (excludes halogenated alkanes) is 17. The minimum absolute atomic E-state index is 0.0118. The number of rotatable bonds is 36. The number of phosphoric acid groups is 1. The van der Waals surface area contributed by atoms with Gasteiger partial charge in [0.05, 0.1) is 39.9 Å². The maximum absolute atomic E-state index is 12.8. The van der Waals surface area contributed by atoms with Crippen LogP contribution < -0.4 is 10.2 Å². The molecule has 0 rings (SSSR count). The van der Waals surface area contributed by atoms with Crippen molar-refractivity contribution in [3.8, 4) is 0 Å². The van der Waals surface area contributed by atoms with E-state index < -0.39 is 26.6 Å². The van der Waals surface area contributed by atoms with Crippen LogP contribution in [0.1, 0.15) is 162 Å². The molecule has 2 N–H and O–H groups in total. The molecule has 1 amide bonds. The fraction of sp³-hybridized carbons (Fsp3) is 0.786. The van der Waals surface area contributed by atoms with Gasteiger partial charge in [-0.05, 0) is 70.6 Å². The number of quaternary nitrogens is 1. The maximum atomic E-state index is 12.8. The van der Waals surface area contributed by atoms with Gasteiger partial charge in [0.25, 0.3) is 7.82 Å². The minimum atomic E-state index is -4.60. The normalized spacial score (nSPS) is 15.0. The number of aliphatic hydroxyl groups excluding tert-OH is 1. The van der Waals surface area contributed by atoms with E-state index in [4.69, 9.17) is 9.05 Å². The summed E-state index contributed by atoms with van der Waals surface area (Å²) in [5.41, 5.74) is 0. The Morgan fingerprint density at radius 1 is 0.667 bits per heavy atom. The smallest absolute Gasteiger partial charge is 0.268 e. The van der Waals surface area contributed by atoms with Gasteiger partial charge < -0.3 is 28.8 Å². The van der Waals surface area contributed by atoms with Gasteiger partial charge in [0, 0.05) is 6.42 Å². The number of carbonyl (C=O) groups excluding carboxylic acids is 1. The molecule has 298 valence electrons. The average molecular weight is 739 g/mol. The molecule has 0 bridgehead atoms.